The molecule has 5 nitrogen and oxygen atoms in total. The molecule has 0 aromatic heterocycles. The van der Waals surface area contributed by atoms with Gasteiger partial charge in [-0.2, -0.15) is 8.78 Å². The number of hydrogen-bond donors (Lipinski definition) is 2. The van der Waals surface area contributed by atoms with E-state index in [1.54, 1.807) is 0 Å². The standard InChI is InChI=1S/C16H14F4N2O3S2/c17-13-6-5-12(9-14(13)18)27(24,25)21-8-7-15(23)22-10-1-3-11(4-2-10)26-16(19)20/h1-6,9,16,21H,7-8H2,(H,22,23). The summed E-state index contributed by atoms with van der Waals surface area (Å²) in [6, 6.07) is 7.84. The van der Waals surface area contributed by atoms with Crippen molar-refractivity contribution >= 4 is 33.4 Å². The summed E-state index contributed by atoms with van der Waals surface area (Å²) in [7, 11) is -4.10. The van der Waals surface area contributed by atoms with Crippen LogP contribution in [0.2, 0.25) is 0 Å². The molecular formula is C16H14F4N2O3S2. The Morgan fingerprint density at radius 3 is 2.30 bits per heavy atom. The Hall–Kier alpha value is -2.11. The molecule has 2 aromatic rings. The monoisotopic (exact) mass is 422 g/mol. The third kappa shape index (κ3) is 6.52. The van der Waals surface area contributed by atoms with Crippen LogP contribution < -0.4 is 10.0 Å². The van der Waals surface area contributed by atoms with Gasteiger partial charge in [-0.25, -0.2) is 21.9 Å². The summed E-state index contributed by atoms with van der Waals surface area (Å²) in [5.74, 6) is -5.54. The van der Waals surface area contributed by atoms with Crippen LogP contribution in [0.4, 0.5) is 23.2 Å². The van der Waals surface area contributed by atoms with Crippen LogP contribution in [0.3, 0.4) is 0 Å². The SMILES string of the molecule is O=C(CCNS(=O)(=O)c1ccc(F)c(F)c1)Nc1ccc(SC(F)F)cc1. The normalized spacial score (nSPS) is 11.6. The lowest BCUT2D eigenvalue weighted by atomic mass is 10.3. The number of hydrogen-bond acceptors (Lipinski definition) is 4. The number of benzene rings is 2. The van der Waals surface area contributed by atoms with Crippen molar-refractivity contribution in [1.29, 1.82) is 0 Å². The highest BCUT2D eigenvalue weighted by Gasteiger charge is 2.16. The number of rotatable bonds is 8. The van der Waals surface area contributed by atoms with E-state index in [-0.39, 0.29) is 13.0 Å². The van der Waals surface area contributed by atoms with E-state index in [0.717, 1.165) is 6.07 Å². The molecule has 0 aliphatic carbocycles. The highest BCUT2D eigenvalue weighted by molar-refractivity contribution is 7.99. The van der Waals surface area contributed by atoms with Gasteiger partial charge in [-0.05, 0) is 42.5 Å². The van der Waals surface area contributed by atoms with Crippen molar-refractivity contribution in [3.05, 3.63) is 54.1 Å². The van der Waals surface area contributed by atoms with Gasteiger partial charge < -0.3 is 5.32 Å². The predicted molar refractivity (Wildman–Crippen MR) is 93.1 cm³/mol. The Kier molecular flexibility index (Phi) is 7.22. The zero-order chi connectivity index (χ0) is 20.0. The van der Waals surface area contributed by atoms with Crippen LogP contribution in [0.15, 0.2) is 52.3 Å². The summed E-state index contributed by atoms with van der Waals surface area (Å²) in [6.07, 6.45) is -0.226. The Balaban J connectivity index is 1.85. The van der Waals surface area contributed by atoms with E-state index >= 15 is 0 Å². The van der Waals surface area contributed by atoms with Crippen LogP contribution in [0.1, 0.15) is 6.42 Å². The Morgan fingerprint density at radius 1 is 1.04 bits per heavy atom. The molecule has 0 aliphatic heterocycles. The van der Waals surface area contributed by atoms with Gasteiger partial charge in [0.25, 0.3) is 5.76 Å². The molecule has 2 N–H and O–H groups in total. The topological polar surface area (TPSA) is 75.3 Å². The van der Waals surface area contributed by atoms with E-state index in [1.807, 2.05) is 0 Å². The molecule has 0 aliphatic rings. The van der Waals surface area contributed by atoms with E-state index in [9.17, 15) is 30.8 Å². The lowest BCUT2D eigenvalue weighted by molar-refractivity contribution is -0.116. The Labute approximate surface area is 157 Å². The number of carbonyl (C=O) groups is 1. The van der Waals surface area contributed by atoms with Gasteiger partial charge in [-0.1, -0.05) is 11.8 Å². The van der Waals surface area contributed by atoms with Gasteiger partial charge in [0.1, 0.15) is 0 Å². The molecule has 11 heteroatoms. The van der Waals surface area contributed by atoms with E-state index in [2.05, 4.69) is 10.0 Å². The Bertz CT molecular complexity index is 906. The molecule has 0 fully saturated rings. The number of halogens is 4. The fourth-order valence-corrected chi connectivity index (χ4v) is 3.51. The van der Waals surface area contributed by atoms with Gasteiger partial charge in [-0.3, -0.25) is 4.79 Å². The number of alkyl halides is 2. The minimum Gasteiger partial charge on any atom is -0.326 e. The summed E-state index contributed by atoms with van der Waals surface area (Å²) in [6.45, 7) is -0.271. The van der Waals surface area contributed by atoms with Gasteiger partial charge >= 0.3 is 0 Å². The summed E-state index contributed by atoms with van der Waals surface area (Å²) in [5.41, 5.74) is 0.363. The second kappa shape index (κ2) is 9.20. The van der Waals surface area contributed by atoms with Crippen LogP contribution in [0, 0.1) is 11.6 Å². The lowest BCUT2D eigenvalue weighted by Crippen LogP contribution is -2.28. The number of carbonyl (C=O) groups excluding carboxylic acids is 1. The highest BCUT2D eigenvalue weighted by atomic mass is 32.2. The van der Waals surface area contributed by atoms with Gasteiger partial charge in [0.05, 0.1) is 4.90 Å². The molecule has 0 unspecified atom stereocenters. The highest BCUT2D eigenvalue weighted by Crippen LogP contribution is 2.26. The molecule has 0 spiro atoms. The van der Waals surface area contributed by atoms with Crippen molar-refractivity contribution in [2.24, 2.45) is 0 Å². The van der Waals surface area contributed by atoms with Gasteiger partial charge in [-0.15, -0.1) is 0 Å². The second-order valence-electron chi connectivity index (χ2n) is 5.17. The van der Waals surface area contributed by atoms with Gasteiger partial charge in [0, 0.05) is 23.5 Å². The van der Waals surface area contributed by atoms with Crippen molar-refractivity contribution < 1.29 is 30.8 Å². The van der Waals surface area contributed by atoms with E-state index in [0.29, 0.717) is 34.5 Å². The summed E-state index contributed by atoms with van der Waals surface area (Å²) in [4.78, 5) is 11.7. The van der Waals surface area contributed by atoms with Crippen molar-refractivity contribution in [2.75, 3.05) is 11.9 Å². The average molecular weight is 422 g/mol. The van der Waals surface area contributed by atoms with Crippen LogP contribution in [0.5, 0.6) is 0 Å². The largest absolute Gasteiger partial charge is 0.326 e. The smallest absolute Gasteiger partial charge is 0.288 e. The molecule has 27 heavy (non-hydrogen) atoms. The first kappa shape index (κ1) is 21.2. The quantitative estimate of drug-likeness (QED) is 0.504. The molecule has 0 heterocycles. The molecule has 0 radical (unpaired) electrons. The molecule has 2 aromatic carbocycles. The number of thioether (sulfide) groups is 1. The molecule has 146 valence electrons. The summed E-state index contributed by atoms with van der Waals surface area (Å²) < 4.78 is 76.5. The molecule has 0 atom stereocenters. The van der Waals surface area contributed by atoms with E-state index in [1.165, 1.54) is 24.3 Å². The maximum absolute atomic E-state index is 13.1. The first-order chi connectivity index (χ1) is 12.7. The Morgan fingerprint density at radius 2 is 1.70 bits per heavy atom. The molecule has 2 rings (SSSR count). The van der Waals surface area contributed by atoms with Crippen molar-refractivity contribution in [1.82, 2.24) is 4.72 Å². The first-order valence-corrected chi connectivity index (χ1v) is 9.83. The van der Waals surface area contributed by atoms with Crippen molar-refractivity contribution in [2.45, 2.75) is 22.0 Å². The molecule has 0 bridgehead atoms. The minimum absolute atomic E-state index is 0.226. The first-order valence-electron chi connectivity index (χ1n) is 7.47. The molecule has 0 saturated carbocycles. The van der Waals surface area contributed by atoms with Crippen LogP contribution >= 0.6 is 11.8 Å². The molecule has 0 saturated heterocycles. The lowest BCUT2D eigenvalue weighted by Gasteiger charge is -2.08. The molecule has 1 amide bonds. The average Bonchev–Trinajstić information content (AvgIpc) is 2.58. The van der Waals surface area contributed by atoms with Gasteiger partial charge in [0.2, 0.25) is 15.9 Å². The summed E-state index contributed by atoms with van der Waals surface area (Å²) >= 11 is 0.369. The van der Waals surface area contributed by atoms with Crippen molar-refractivity contribution in [3.63, 3.8) is 0 Å². The van der Waals surface area contributed by atoms with Crippen LogP contribution in [-0.4, -0.2) is 26.6 Å². The third-order valence-corrected chi connectivity index (χ3v) is 5.39. The zero-order valence-electron chi connectivity index (χ0n) is 13.6. The van der Waals surface area contributed by atoms with E-state index < -0.39 is 38.2 Å². The van der Waals surface area contributed by atoms with Crippen LogP contribution in [-0.2, 0) is 14.8 Å². The second-order valence-corrected chi connectivity index (χ2v) is 8.01. The maximum atomic E-state index is 13.1. The van der Waals surface area contributed by atoms with Crippen LogP contribution in [0.25, 0.3) is 0 Å². The zero-order valence-corrected chi connectivity index (χ0v) is 15.2. The third-order valence-electron chi connectivity index (χ3n) is 3.21. The minimum atomic E-state index is -4.10. The van der Waals surface area contributed by atoms with E-state index in [4.69, 9.17) is 0 Å². The number of sulfonamides is 1. The van der Waals surface area contributed by atoms with Gasteiger partial charge in [0.15, 0.2) is 11.6 Å². The fraction of sp³-hybridized carbons (Fsp3) is 0.188. The van der Waals surface area contributed by atoms with Crippen molar-refractivity contribution in [3.8, 4) is 0 Å². The summed E-state index contributed by atoms with van der Waals surface area (Å²) in [5, 5.41) is 2.48. The molecular weight excluding hydrogens is 408 g/mol. The maximum Gasteiger partial charge on any atom is 0.288 e. The fourth-order valence-electron chi connectivity index (χ4n) is 1.97. The number of amides is 1. The number of anilines is 1. The number of nitrogens with one attached hydrogen (secondary N) is 2. The predicted octanol–water partition coefficient (Wildman–Crippen LogP) is 3.59.